The third-order valence-electron chi connectivity index (χ3n) is 5.57. The number of hydrogen-bond acceptors (Lipinski definition) is 8. The number of ether oxygens (including phenoxy) is 4. The van der Waals surface area contributed by atoms with E-state index in [2.05, 4.69) is 5.16 Å². The zero-order valence-electron chi connectivity index (χ0n) is 19.0. The van der Waals surface area contributed by atoms with Crippen molar-refractivity contribution in [3.63, 3.8) is 0 Å². The topological polar surface area (TPSA) is 83.3 Å². The van der Waals surface area contributed by atoms with Crippen LogP contribution >= 0.6 is 11.3 Å². The molecule has 0 unspecified atom stereocenters. The molecule has 4 rings (SSSR count). The first-order chi connectivity index (χ1) is 16.1. The van der Waals surface area contributed by atoms with Gasteiger partial charge in [-0.2, -0.15) is 0 Å². The van der Waals surface area contributed by atoms with Gasteiger partial charge in [-0.05, 0) is 36.4 Å². The van der Waals surface area contributed by atoms with Crippen molar-refractivity contribution in [3.05, 3.63) is 46.3 Å². The molecule has 33 heavy (non-hydrogen) atoms. The zero-order valence-corrected chi connectivity index (χ0v) is 19.9. The Morgan fingerprint density at radius 1 is 1.18 bits per heavy atom. The molecule has 1 aliphatic heterocycles. The highest BCUT2D eigenvalue weighted by Crippen LogP contribution is 2.41. The van der Waals surface area contributed by atoms with Crippen LogP contribution in [0.25, 0.3) is 11.3 Å². The highest BCUT2D eigenvalue weighted by Gasteiger charge is 2.24. The Morgan fingerprint density at radius 3 is 2.58 bits per heavy atom. The number of rotatable bonds is 10. The predicted octanol–water partition coefficient (Wildman–Crippen LogP) is 4.18. The van der Waals surface area contributed by atoms with Gasteiger partial charge in [0.25, 0.3) is 0 Å². The minimum Gasteiger partial charge on any atom is -0.493 e. The molecule has 0 radical (unpaired) electrons. The second-order valence-corrected chi connectivity index (χ2v) is 8.79. The Labute approximate surface area is 197 Å². The van der Waals surface area contributed by atoms with Gasteiger partial charge in [-0.25, -0.2) is 0 Å². The molecular formula is C24H28N2O6S. The van der Waals surface area contributed by atoms with Crippen molar-refractivity contribution in [2.75, 3.05) is 34.5 Å². The van der Waals surface area contributed by atoms with Crippen LogP contribution in [0.4, 0.5) is 0 Å². The van der Waals surface area contributed by atoms with Crippen LogP contribution in [0.2, 0.25) is 0 Å². The summed E-state index contributed by atoms with van der Waals surface area (Å²) in [6.07, 6.45) is 2.39. The third-order valence-corrected chi connectivity index (χ3v) is 6.44. The summed E-state index contributed by atoms with van der Waals surface area (Å²) in [5.74, 6) is 2.15. The van der Waals surface area contributed by atoms with E-state index < -0.39 is 0 Å². The van der Waals surface area contributed by atoms with Crippen molar-refractivity contribution in [1.29, 1.82) is 0 Å². The average molecular weight is 473 g/mol. The van der Waals surface area contributed by atoms with E-state index in [9.17, 15) is 4.79 Å². The summed E-state index contributed by atoms with van der Waals surface area (Å²) < 4.78 is 27.6. The minimum absolute atomic E-state index is 0.0466. The molecule has 1 aromatic carbocycles. The second kappa shape index (κ2) is 10.7. The van der Waals surface area contributed by atoms with Crippen molar-refractivity contribution in [1.82, 2.24) is 10.1 Å². The summed E-state index contributed by atoms with van der Waals surface area (Å²) in [5, 5.41) is 6.20. The standard InChI is InChI=1S/C24H28N2O6S/c1-28-21-10-16(11-22(29-2)24(21)30-3)20-12-17(25-32-20)14-26(15-18-6-4-8-31-18)23(27)13-19-7-5-9-33-19/h5,7,9-12,18H,4,6,8,13-15H2,1-3H3/t18-/m1/s1. The van der Waals surface area contributed by atoms with E-state index in [0.29, 0.717) is 48.2 Å². The van der Waals surface area contributed by atoms with E-state index in [1.165, 1.54) is 0 Å². The molecule has 8 nitrogen and oxygen atoms in total. The van der Waals surface area contributed by atoms with Crippen LogP contribution in [0.1, 0.15) is 23.4 Å². The number of carbonyl (C=O) groups excluding carboxylic acids is 1. The Hall–Kier alpha value is -3.04. The Bertz CT molecular complexity index is 1030. The molecule has 0 aliphatic carbocycles. The van der Waals surface area contributed by atoms with E-state index in [1.54, 1.807) is 44.8 Å². The van der Waals surface area contributed by atoms with Gasteiger partial charge in [0.1, 0.15) is 5.69 Å². The lowest BCUT2D eigenvalue weighted by Crippen LogP contribution is -2.37. The second-order valence-electron chi connectivity index (χ2n) is 7.76. The van der Waals surface area contributed by atoms with Crippen molar-refractivity contribution >= 4 is 17.2 Å². The zero-order chi connectivity index (χ0) is 23.2. The van der Waals surface area contributed by atoms with Crippen molar-refractivity contribution in [2.24, 2.45) is 0 Å². The number of carbonyl (C=O) groups is 1. The molecule has 0 N–H and O–H groups in total. The van der Waals surface area contributed by atoms with Gasteiger partial charge in [-0.3, -0.25) is 4.79 Å². The summed E-state index contributed by atoms with van der Waals surface area (Å²) in [7, 11) is 4.69. The van der Waals surface area contributed by atoms with E-state index in [0.717, 1.165) is 29.9 Å². The van der Waals surface area contributed by atoms with Gasteiger partial charge in [0.2, 0.25) is 11.7 Å². The highest BCUT2D eigenvalue weighted by molar-refractivity contribution is 7.10. The van der Waals surface area contributed by atoms with Crippen LogP contribution in [-0.2, 0) is 22.5 Å². The van der Waals surface area contributed by atoms with Gasteiger partial charge in [0.15, 0.2) is 17.3 Å². The lowest BCUT2D eigenvalue weighted by molar-refractivity contribution is -0.132. The predicted molar refractivity (Wildman–Crippen MR) is 124 cm³/mol. The normalized spacial score (nSPS) is 15.4. The molecule has 1 amide bonds. The molecule has 1 atom stereocenters. The lowest BCUT2D eigenvalue weighted by Gasteiger charge is -2.24. The fraction of sp³-hybridized carbons (Fsp3) is 0.417. The van der Waals surface area contributed by atoms with E-state index in [1.807, 2.05) is 28.5 Å². The van der Waals surface area contributed by atoms with Crippen molar-refractivity contribution in [3.8, 4) is 28.6 Å². The molecule has 3 aromatic rings. The first-order valence-corrected chi connectivity index (χ1v) is 11.7. The molecule has 1 aliphatic rings. The fourth-order valence-electron chi connectivity index (χ4n) is 3.90. The van der Waals surface area contributed by atoms with Gasteiger partial charge in [0.05, 0.1) is 40.4 Å². The van der Waals surface area contributed by atoms with Crippen LogP contribution in [0.15, 0.2) is 40.2 Å². The SMILES string of the molecule is COc1cc(-c2cc(CN(C[C@H]3CCCO3)C(=O)Cc3cccs3)no2)cc(OC)c1OC. The number of aromatic nitrogens is 1. The van der Waals surface area contributed by atoms with E-state index in [-0.39, 0.29) is 12.0 Å². The molecule has 1 fully saturated rings. The largest absolute Gasteiger partial charge is 0.493 e. The maximum Gasteiger partial charge on any atom is 0.228 e. The van der Waals surface area contributed by atoms with Gasteiger partial charge in [0, 0.05) is 29.7 Å². The number of benzene rings is 1. The summed E-state index contributed by atoms with van der Waals surface area (Å²) in [4.78, 5) is 15.9. The number of hydrogen-bond donors (Lipinski definition) is 0. The Kier molecular flexibility index (Phi) is 7.51. The summed E-state index contributed by atoms with van der Waals surface area (Å²) >= 11 is 1.58. The number of methoxy groups -OCH3 is 3. The number of nitrogens with zero attached hydrogens (tertiary/aromatic N) is 2. The summed E-state index contributed by atoms with van der Waals surface area (Å²) in [6, 6.07) is 9.38. The Morgan fingerprint density at radius 2 is 1.97 bits per heavy atom. The molecular weight excluding hydrogens is 444 g/mol. The van der Waals surface area contributed by atoms with Gasteiger partial charge in [-0.15, -0.1) is 11.3 Å². The molecule has 9 heteroatoms. The van der Waals surface area contributed by atoms with Crippen LogP contribution in [-0.4, -0.2) is 56.5 Å². The fourth-order valence-corrected chi connectivity index (χ4v) is 4.60. The minimum atomic E-state index is 0.0466. The molecule has 176 valence electrons. The molecule has 0 saturated carbocycles. The van der Waals surface area contributed by atoms with Gasteiger partial charge in [-0.1, -0.05) is 11.2 Å². The first-order valence-electron chi connectivity index (χ1n) is 10.8. The highest BCUT2D eigenvalue weighted by atomic mass is 32.1. The number of thiophene rings is 1. The molecule has 0 bridgehead atoms. The molecule has 0 spiro atoms. The van der Waals surface area contributed by atoms with Crippen LogP contribution in [0.3, 0.4) is 0 Å². The van der Waals surface area contributed by atoms with E-state index in [4.69, 9.17) is 23.5 Å². The monoisotopic (exact) mass is 472 g/mol. The average Bonchev–Trinajstić information content (AvgIpc) is 3.61. The van der Waals surface area contributed by atoms with Crippen molar-refractivity contribution in [2.45, 2.75) is 31.9 Å². The van der Waals surface area contributed by atoms with Gasteiger partial charge < -0.3 is 28.4 Å². The third kappa shape index (κ3) is 5.48. The first kappa shape index (κ1) is 23.1. The Balaban J connectivity index is 1.54. The molecule has 2 aromatic heterocycles. The number of amides is 1. The van der Waals surface area contributed by atoms with Crippen LogP contribution in [0, 0.1) is 0 Å². The maximum atomic E-state index is 13.1. The lowest BCUT2D eigenvalue weighted by atomic mass is 10.1. The maximum absolute atomic E-state index is 13.1. The summed E-state index contributed by atoms with van der Waals surface area (Å²) in [6.45, 7) is 1.63. The van der Waals surface area contributed by atoms with Gasteiger partial charge >= 0.3 is 0 Å². The van der Waals surface area contributed by atoms with Crippen molar-refractivity contribution < 1.29 is 28.3 Å². The van der Waals surface area contributed by atoms with Crippen LogP contribution in [0.5, 0.6) is 17.2 Å². The quantitative estimate of drug-likeness (QED) is 0.438. The molecule has 1 saturated heterocycles. The molecule has 3 heterocycles. The van der Waals surface area contributed by atoms with E-state index >= 15 is 0 Å². The van der Waals surface area contributed by atoms with Crippen LogP contribution < -0.4 is 14.2 Å². The summed E-state index contributed by atoms with van der Waals surface area (Å²) in [5.41, 5.74) is 1.40. The smallest absolute Gasteiger partial charge is 0.228 e.